The highest BCUT2D eigenvalue weighted by molar-refractivity contribution is 7.98. The molecule has 3 nitrogen and oxygen atoms in total. The lowest BCUT2D eigenvalue weighted by Gasteiger charge is -2.45. The Labute approximate surface area is 126 Å². The van der Waals surface area contributed by atoms with Crippen molar-refractivity contribution in [2.24, 2.45) is 5.73 Å². The molecule has 0 saturated carbocycles. The van der Waals surface area contributed by atoms with Crippen molar-refractivity contribution in [2.75, 3.05) is 39.3 Å². The Balaban J connectivity index is 2.40. The topological polar surface area (TPSA) is 38.5 Å². The Morgan fingerprint density at radius 1 is 1.45 bits per heavy atom. The first-order valence-electron chi connectivity index (χ1n) is 7.25. The van der Waals surface area contributed by atoms with Gasteiger partial charge in [0.1, 0.15) is 5.75 Å². The highest BCUT2D eigenvalue weighted by Gasteiger charge is 2.38. The maximum atomic E-state index is 6.23. The molecule has 4 heteroatoms. The normalized spacial score (nSPS) is 21.9. The molecule has 0 saturated heterocycles. The van der Waals surface area contributed by atoms with Gasteiger partial charge >= 0.3 is 0 Å². The number of hydrogen-bond donors (Lipinski definition) is 1. The molecule has 0 aliphatic heterocycles. The molecular formula is C16H26N2OS. The first kappa shape index (κ1) is 15.7. The monoisotopic (exact) mass is 294 g/mol. The van der Waals surface area contributed by atoms with Gasteiger partial charge in [-0.05, 0) is 55.8 Å². The number of nitrogens with two attached hydrogens (primary N) is 1. The van der Waals surface area contributed by atoms with Crippen LogP contribution in [0.4, 0.5) is 0 Å². The van der Waals surface area contributed by atoms with E-state index in [1.165, 1.54) is 17.5 Å². The van der Waals surface area contributed by atoms with Gasteiger partial charge in [-0.25, -0.2) is 0 Å². The molecule has 112 valence electrons. The van der Waals surface area contributed by atoms with Gasteiger partial charge < -0.3 is 10.5 Å². The molecule has 0 amide bonds. The summed E-state index contributed by atoms with van der Waals surface area (Å²) in [7, 11) is 3.93. The molecule has 1 unspecified atom stereocenters. The molecule has 1 aliphatic rings. The van der Waals surface area contributed by atoms with E-state index in [0.29, 0.717) is 6.54 Å². The Morgan fingerprint density at radius 3 is 2.90 bits per heavy atom. The summed E-state index contributed by atoms with van der Waals surface area (Å²) in [5, 5.41) is 0. The minimum atomic E-state index is -0.0299. The van der Waals surface area contributed by atoms with Crippen LogP contribution in [0.5, 0.6) is 5.75 Å². The van der Waals surface area contributed by atoms with Gasteiger partial charge in [0.25, 0.3) is 0 Å². The number of aryl methyl sites for hydroxylation is 1. The van der Waals surface area contributed by atoms with E-state index in [1.54, 1.807) is 7.11 Å². The SMILES string of the molecule is COc1ccc2c(c1)C(CN)(N(C)CCSC)CCC2. The largest absolute Gasteiger partial charge is 0.497 e. The van der Waals surface area contributed by atoms with Crippen LogP contribution < -0.4 is 10.5 Å². The first-order chi connectivity index (χ1) is 9.67. The van der Waals surface area contributed by atoms with E-state index in [4.69, 9.17) is 10.5 Å². The maximum Gasteiger partial charge on any atom is 0.119 e. The van der Waals surface area contributed by atoms with Crippen LogP contribution in [0.1, 0.15) is 24.0 Å². The molecule has 0 radical (unpaired) electrons. The minimum Gasteiger partial charge on any atom is -0.497 e. The summed E-state index contributed by atoms with van der Waals surface area (Å²) in [6.07, 6.45) is 5.65. The molecule has 1 aliphatic carbocycles. The predicted molar refractivity (Wildman–Crippen MR) is 87.7 cm³/mol. The molecule has 0 heterocycles. The highest BCUT2D eigenvalue weighted by Crippen LogP contribution is 2.40. The molecule has 0 spiro atoms. The quantitative estimate of drug-likeness (QED) is 0.875. The van der Waals surface area contributed by atoms with Crippen molar-refractivity contribution in [1.82, 2.24) is 4.90 Å². The summed E-state index contributed by atoms with van der Waals surface area (Å²) in [5.74, 6) is 2.07. The molecule has 1 aromatic rings. The van der Waals surface area contributed by atoms with E-state index in [0.717, 1.165) is 30.9 Å². The fourth-order valence-electron chi connectivity index (χ4n) is 3.25. The average molecular weight is 294 g/mol. The molecule has 20 heavy (non-hydrogen) atoms. The van der Waals surface area contributed by atoms with E-state index in [2.05, 4.69) is 36.4 Å². The third-order valence-corrected chi connectivity index (χ3v) is 5.14. The summed E-state index contributed by atoms with van der Waals surface area (Å²) in [4.78, 5) is 2.45. The molecule has 0 fully saturated rings. The van der Waals surface area contributed by atoms with Gasteiger partial charge in [0.2, 0.25) is 0 Å². The van der Waals surface area contributed by atoms with Crippen LogP contribution in [0, 0.1) is 0 Å². The first-order valence-corrected chi connectivity index (χ1v) is 8.65. The zero-order valence-corrected chi connectivity index (χ0v) is 13.6. The number of fused-ring (bicyclic) bond motifs is 1. The number of thioether (sulfide) groups is 1. The van der Waals surface area contributed by atoms with E-state index >= 15 is 0 Å². The van der Waals surface area contributed by atoms with Gasteiger partial charge in [0, 0.05) is 18.8 Å². The standard InChI is InChI=1S/C16H26N2OS/c1-18(9-10-20-3)16(12-17)8-4-5-13-6-7-14(19-2)11-15(13)16/h6-7,11H,4-5,8-10,12,17H2,1-3H3. The minimum absolute atomic E-state index is 0.0299. The zero-order valence-electron chi connectivity index (χ0n) is 12.8. The summed E-state index contributed by atoms with van der Waals surface area (Å²) in [6, 6.07) is 6.46. The van der Waals surface area contributed by atoms with Gasteiger partial charge in [-0.1, -0.05) is 6.07 Å². The van der Waals surface area contributed by atoms with Crippen molar-refractivity contribution < 1.29 is 4.74 Å². The van der Waals surface area contributed by atoms with Crippen LogP contribution >= 0.6 is 11.8 Å². The highest BCUT2D eigenvalue weighted by atomic mass is 32.2. The van der Waals surface area contributed by atoms with Gasteiger partial charge in [0.05, 0.1) is 12.6 Å². The number of nitrogens with zero attached hydrogens (tertiary/aromatic N) is 1. The number of likely N-dealkylation sites (N-methyl/N-ethyl adjacent to an activating group) is 1. The summed E-state index contributed by atoms with van der Waals surface area (Å²) < 4.78 is 5.42. The van der Waals surface area contributed by atoms with Crippen molar-refractivity contribution in [2.45, 2.75) is 24.8 Å². The molecule has 0 aromatic heterocycles. The third-order valence-electron chi connectivity index (χ3n) is 4.55. The predicted octanol–water partition coefficient (Wildman–Crippen LogP) is 2.48. The van der Waals surface area contributed by atoms with Crippen LogP contribution in [0.25, 0.3) is 0 Å². The van der Waals surface area contributed by atoms with Crippen LogP contribution in [0.2, 0.25) is 0 Å². The van der Waals surface area contributed by atoms with E-state index < -0.39 is 0 Å². The van der Waals surface area contributed by atoms with Crippen LogP contribution in [0.3, 0.4) is 0 Å². The van der Waals surface area contributed by atoms with Crippen molar-refractivity contribution >= 4 is 11.8 Å². The maximum absolute atomic E-state index is 6.23. The van der Waals surface area contributed by atoms with Gasteiger partial charge in [-0.2, -0.15) is 11.8 Å². The lowest BCUT2D eigenvalue weighted by Crippen LogP contribution is -2.52. The number of benzene rings is 1. The summed E-state index contributed by atoms with van der Waals surface area (Å²) in [5.41, 5.74) is 9.00. The number of rotatable bonds is 6. The summed E-state index contributed by atoms with van der Waals surface area (Å²) >= 11 is 1.88. The Morgan fingerprint density at radius 2 is 2.25 bits per heavy atom. The lowest BCUT2D eigenvalue weighted by molar-refractivity contribution is 0.111. The Hall–Kier alpha value is -0.710. The van der Waals surface area contributed by atoms with Crippen molar-refractivity contribution in [3.63, 3.8) is 0 Å². The van der Waals surface area contributed by atoms with Gasteiger partial charge in [0.15, 0.2) is 0 Å². The second-order valence-electron chi connectivity index (χ2n) is 5.53. The van der Waals surface area contributed by atoms with Crippen molar-refractivity contribution in [3.05, 3.63) is 29.3 Å². The zero-order chi connectivity index (χ0) is 14.6. The number of ether oxygens (including phenoxy) is 1. The molecule has 1 aromatic carbocycles. The van der Waals surface area contributed by atoms with Crippen LogP contribution in [-0.2, 0) is 12.0 Å². The van der Waals surface area contributed by atoms with E-state index in [-0.39, 0.29) is 5.54 Å². The summed E-state index contributed by atoms with van der Waals surface area (Å²) in [6.45, 7) is 1.73. The van der Waals surface area contributed by atoms with Gasteiger partial charge in [-0.3, -0.25) is 4.90 Å². The van der Waals surface area contributed by atoms with Crippen molar-refractivity contribution in [3.8, 4) is 5.75 Å². The van der Waals surface area contributed by atoms with Gasteiger partial charge in [-0.15, -0.1) is 0 Å². The number of methoxy groups -OCH3 is 1. The molecule has 2 N–H and O–H groups in total. The van der Waals surface area contributed by atoms with Crippen molar-refractivity contribution in [1.29, 1.82) is 0 Å². The lowest BCUT2D eigenvalue weighted by atomic mass is 9.75. The average Bonchev–Trinajstić information content (AvgIpc) is 2.51. The third kappa shape index (κ3) is 2.83. The smallest absolute Gasteiger partial charge is 0.119 e. The van der Waals surface area contributed by atoms with E-state index in [1.807, 2.05) is 11.8 Å². The fraction of sp³-hybridized carbons (Fsp3) is 0.625. The molecule has 0 bridgehead atoms. The second-order valence-corrected chi connectivity index (χ2v) is 6.51. The molecule has 1 atom stereocenters. The molecular weight excluding hydrogens is 268 g/mol. The molecule has 2 rings (SSSR count). The van der Waals surface area contributed by atoms with Crippen LogP contribution in [-0.4, -0.2) is 44.2 Å². The van der Waals surface area contributed by atoms with Crippen LogP contribution in [0.15, 0.2) is 18.2 Å². The Kier molecular flexibility index (Phi) is 5.35. The second kappa shape index (κ2) is 6.83. The Bertz CT molecular complexity index is 452. The van der Waals surface area contributed by atoms with E-state index in [9.17, 15) is 0 Å². The fourth-order valence-corrected chi connectivity index (χ4v) is 3.70. The number of hydrogen-bond acceptors (Lipinski definition) is 4.